The third kappa shape index (κ3) is 4.28. The average Bonchev–Trinajstić information content (AvgIpc) is 2.94. The predicted octanol–water partition coefficient (Wildman–Crippen LogP) is 4.34. The Balaban J connectivity index is 1.78. The molecule has 27 heavy (non-hydrogen) atoms. The topological polar surface area (TPSA) is 81.4 Å². The van der Waals surface area contributed by atoms with Crippen molar-refractivity contribution in [3.05, 3.63) is 44.8 Å². The summed E-state index contributed by atoms with van der Waals surface area (Å²) in [7, 11) is 0. The molecule has 1 aliphatic rings. The van der Waals surface area contributed by atoms with Crippen LogP contribution >= 0.6 is 22.9 Å². The lowest BCUT2D eigenvalue weighted by molar-refractivity contribution is -0.122. The monoisotopic (exact) mass is 406 g/mol. The van der Waals surface area contributed by atoms with Crippen molar-refractivity contribution in [2.24, 2.45) is 11.7 Å². The van der Waals surface area contributed by atoms with Gasteiger partial charge in [0, 0.05) is 9.90 Å². The maximum Gasteiger partial charge on any atom is 0.265 e. The van der Waals surface area contributed by atoms with Crippen LogP contribution in [0, 0.1) is 12.8 Å². The van der Waals surface area contributed by atoms with Crippen LogP contribution < -0.4 is 15.8 Å². The Morgan fingerprint density at radius 1 is 1.41 bits per heavy atom. The van der Waals surface area contributed by atoms with Crippen molar-refractivity contribution in [1.29, 1.82) is 0 Å². The van der Waals surface area contributed by atoms with E-state index in [0.717, 1.165) is 35.3 Å². The Morgan fingerprint density at radius 2 is 2.15 bits per heavy atom. The van der Waals surface area contributed by atoms with Crippen molar-refractivity contribution in [2.45, 2.75) is 46.1 Å². The molecule has 1 aliphatic carbocycles. The largest absolute Gasteiger partial charge is 0.481 e. The number of aryl methyl sites for hydroxylation is 1. The number of carbonyl (C=O) groups is 2. The van der Waals surface area contributed by atoms with Crippen LogP contribution in [-0.4, -0.2) is 17.9 Å². The molecular weight excluding hydrogens is 384 g/mol. The molecule has 1 aromatic carbocycles. The van der Waals surface area contributed by atoms with E-state index in [1.165, 1.54) is 11.3 Å². The van der Waals surface area contributed by atoms with E-state index in [9.17, 15) is 9.59 Å². The molecule has 0 saturated carbocycles. The highest BCUT2D eigenvalue weighted by Gasteiger charge is 2.28. The normalized spacial score (nSPS) is 17.1. The van der Waals surface area contributed by atoms with Gasteiger partial charge in [-0.05, 0) is 68.4 Å². The third-order valence-electron chi connectivity index (χ3n) is 4.80. The molecule has 0 bridgehead atoms. The van der Waals surface area contributed by atoms with Crippen molar-refractivity contribution in [3.63, 3.8) is 0 Å². The van der Waals surface area contributed by atoms with Crippen LogP contribution in [0.15, 0.2) is 18.2 Å². The summed E-state index contributed by atoms with van der Waals surface area (Å²) >= 11 is 7.40. The zero-order valence-corrected chi connectivity index (χ0v) is 17.2. The zero-order valence-electron chi connectivity index (χ0n) is 15.6. The van der Waals surface area contributed by atoms with Gasteiger partial charge < -0.3 is 15.8 Å². The number of ether oxygens (including phenoxy) is 1. The van der Waals surface area contributed by atoms with Crippen molar-refractivity contribution in [1.82, 2.24) is 0 Å². The summed E-state index contributed by atoms with van der Waals surface area (Å²) in [6.45, 7) is 5.73. The fraction of sp³-hybridized carbons (Fsp3) is 0.400. The number of anilines is 1. The molecule has 0 spiro atoms. The fourth-order valence-corrected chi connectivity index (χ4v) is 4.95. The fourth-order valence-electron chi connectivity index (χ4n) is 3.30. The highest BCUT2D eigenvalue weighted by atomic mass is 35.5. The first-order chi connectivity index (χ1) is 12.8. The lowest BCUT2D eigenvalue weighted by Crippen LogP contribution is -2.31. The summed E-state index contributed by atoms with van der Waals surface area (Å²) in [5.74, 6) is 0.338. The molecule has 7 heteroatoms. The Bertz CT molecular complexity index is 894. The molecule has 2 amide bonds. The Labute approximate surface area is 167 Å². The van der Waals surface area contributed by atoms with Gasteiger partial charge in [-0.1, -0.05) is 18.5 Å². The summed E-state index contributed by atoms with van der Waals surface area (Å²) in [6.07, 6.45) is 2.01. The molecule has 3 N–H and O–H groups in total. The summed E-state index contributed by atoms with van der Waals surface area (Å²) in [5.41, 5.74) is 7.89. The molecule has 0 saturated heterocycles. The van der Waals surface area contributed by atoms with E-state index in [4.69, 9.17) is 22.1 Å². The number of hydrogen-bond donors (Lipinski definition) is 2. The number of hydrogen-bond acceptors (Lipinski definition) is 4. The number of nitrogens with two attached hydrogens (primary N) is 1. The first-order valence-corrected chi connectivity index (χ1v) is 10.1. The zero-order chi connectivity index (χ0) is 19.7. The molecule has 2 aromatic rings. The minimum absolute atomic E-state index is 0.321. The van der Waals surface area contributed by atoms with Crippen molar-refractivity contribution in [3.8, 4) is 5.75 Å². The van der Waals surface area contributed by atoms with Gasteiger partial charge in [-0.2, -0.15) is 0 Å². The number of amides is 2. The molecule has 144 valence electrons. The second-order valence-corrected chi connectivity index (χ2v) is 8.62. The van der Waals surface area contributed by atoms with Crippen molar-refractivity contribution in [2.75, 3.05) is 5.32 Å². The van der Waals surface area contributed by atoms with Crippen LogP contribution in [0.4, 0.5) is 5.00 Å². The Hall–Kier alpha value is -2.05. The van der Waals surface area contributed by atoms with Crippen molar-refractivity contribution < 1.29 is 14.3 Å². The second kappa shape index (κ2) is 7.90. The van der Waals surface area contributed by atoms with E-state index in [1.54, 1.807) is 25.1 Å². The van der Waals surface area contributed by atoms with E-state index in [2.05, 4.69) is 12.2 Å². The minimum Gasteiger partial charge on any atom is -0.481 e. The van der Waals surface area contributed by atoms with E-state index < -0.39 is 12.0 Å². The van der Waals surface area contributed by atoms with Gasteiger partial charge in [0.25, 0.3) is 11.8 Å². The molecule has 2 unspecified atom stereocenters. The lowest BCUT2D eigenvalue weighted by Gasteiger charge is -2.18. The van der Waals surface area contributed by atoms with Crippen LogP contribution in [0.2, 0.25) is 5.02 Å². The SMILES string of the molecule is Cc1cc(Cl)ccc1OC(C)C(=O)Nc1sc2c(c1C(N)=O)CCC(C)C2. The molecule has 1 aromatic heterocycles. The van der Waals surface area contributed by atoms with Crippen LogP contribution in [0.5, 0.6) is 5.75 Å². The first kappa shape index (κ1) is 19.7. The lowest BCUT2D eigenvalue weighted by atomic mass is 9.88. The van der Waals surface area contributed by atoms with Crippen molar-refractivity contribution >= 4 is 39.8 Å². The summed E-state index contributed by atoms with van der Waals surface area (Å²) < 4.78 is 5.77. The molecule has 0 fully saturated rings. The van der Waals surface area contributed by atoms with Gasteiger partial charge in [-0.15, -0.1) is 11.3 Å². The van der Waals surface area contributed by atoms with E-state index >= 15 is 0 Å². The van der Waals surface area contributed by atoms with Crippen LogP contribution in [-0.2, 0) is 17.6 Å². The maximum absolute atomic E-state index is 12.6. The van der Waals surface area contributed by atoms with Gasteiger partial charge in [-0.3, -0.25) is 9.59 Å². The molecule has 3 rings (SSSR count). The number of primary amides is 1. The van der Waals surface area contributed by atoms with Crippen LogP contribution in [0.25, 0.3) is 0 Å². The number of fused-ring (bicyclic) bond motifs is 1. The summed E-state index contributed by atoms with van der Waals surface area (Å²) in [5, 5.41) is 3.98. The maximum atomic E-state index is 12.6. The molecule has 2 atom stereocenters. The molecule has 5 nitrogen and oxygen atoms in total. The number of thiophene rings is 1. The molecular formula is C20H23ClN2O3S. The molecule has 0 radical (unpaired) electrons. The highest BCUT2D eigenvalue weighted by Crippen LogP contribution is 2.39. The van der Waals surface area contributed by atoms with Gasteiger partial charge in [-0.25, -0.2) is 0 Å². The van der Waals surface area contributed by atoms with E-state index in [1.807, 2.05) is 6.92 Å². The standard InChI is InChI=1S/C20H23ClN2O3S/c1-10-4-6-14-16(8-10)27-20(17(14)18(22)24)23-19(25)12(3)26-15-7-5-13(21)9-11(15)2/h5,7,9-10,12H,4,6,8H2,1-3H3,(H2,22,24)(H,23,25). The average molecular weight is 407 g/mol. The summed E-state index contributed by atoms with van der Waals surface area (Å²) in [4.78, 5) is 25.8. The minimum atomic E-state index is -0.733. The number of rotatable bonds is 5. The third-order valence-corrected chi connectivity index (χ3v) is 6.21. The quantitative estimate of drug-likeness (QED) is 0.774. The van der Waals surface area contributed by atoms with E-state index in [0.29, 0.717) is 27.3 Å². The Kier molecular flexibility index (Phi) is 5.77. The van der Waals surface area contributed by atoms with Gasteiger partial charge in [0.05, 0.1) is 5.56 Å². The molecule has 1 heterocycles. The van der Waals surface area contributed by atoms with E-state index in [-0.39, 0.29) is 5.91 Å². The highest BCUT2D eigenvalue weighted by molar-refractivity contribution is 7.17. The number of carbonyl (C=O) groups excluding carboxylic acids is 2. The smallest absolute Gasteiger partial charge is 0.265 e. The Morgan fingerprint density at radius 3 is 2.81 bits per heavy atom. The predicted molar refractivity (Wildman–Crippen MR) is 109 cm³/mol. The number of benzene rings is 1. The van der Waals surface area contributed by atoms with Gasteiger partial charge in [0.15, 0.2) is 6.10 Å². The summed E-state index contributed by atoms with van der Waals surface area (Å²) in [6, 6.07) is 5.23. The number of nitrogens with one attached hydrogen (secondary N) is 1. The van der Waals surface area contributed by atoms with Gasteiger partial charge in [0.2, 0.25) is 0 Å². The second-order valence-electron chi connectivity index (χ2n) is 7.08. The molecule has 0 aliphatic heterocycles. The van der Waals surface area contributed by atoms with Crippen LogP contribution in [0.3, 0.4) is 0 Å². The van der Waals surface area contributed by atoms with Gasteiger partial charge in [0.1, 0.15) is 10.8 Å². The van der Waals surface area contributed by atoms with Crippen LogP contribution in [0.1, 0.15) is 46.6 Å². The van der Waals surface area contributed by atoms with Gasteiger partial charge >= 0.3 is 0 Å². The number of halogens is 1. The first-order valence-electron chi connectivity index (χ1n) is 8.94.